The molecule has 1 N–H and O–H groups in total. The summed E-state index contributed by atoms with van der Waals surface area (Å²) in [6, 6.07) is 26.9. The van der Waals surface area contributed by atoms with E-state index in [2.05, 4.69) is 4.57 Å². The molecule has 1 heterocycles. The number of carbonyl (C=O) groups is 1. The van der Waals surface area contributed by atoms with E-state index in [0.29, 0.717) is 28.9 Å². The Balaban J connectivity index is 1.29. The molecule has 1 aromatic heterocycles. The molecule has 1 unspecified atom stereocenters. The lowest BCUT2D eigenvalue weighted by Crippen LogP contribution is -2.14. The van der Waals surface area contributed by atoms with Crippen LogP contribution >= 0.6 is 11.6 Å². The SMILES string of the molecule is C[S+]([O-])c1ccc(-c2ccc(Cl)cc2)c(COc2ccc(-c3nc4cc(C(=O)O)ccc4n3C3CCCCC3)cc2)c1. The number of aromatic carboxylic acids is 1. The largest absolute Gasteiger partial charge is 0.612 e. The number of carboxylic acids is 1. The fourth-order valence-corrected chi connectivity index (χ4v) is 6.48. The highest BCUT2D eigenvalue weighted by molar-refractivity contribution is 7.90. The monoisotopic (exact) mass is 598 g/mol. The zero-order valence-electron chi connectivity index (χ0n) is 23.3. The van der Waals surface area contributed by atoms with Crippen LogP contribution in [0.3, 0.4) is 0 Å². The van der Waals surface area contributed by atoms with Crippen molar-refractivity contribution in [2.24, 2.45) is 0 Å². The Morgan fingerprint density at radius 3 is 2.38 bits per heavy atom. The molecule has 1 saturated carbocycles. The van der Waals surface area contributed by atoms with E-state index in [9.17, 15) is 14.5 Å². The predicted octanol–water partition coefficient (Wildman–Crippen LogP) is 8.54. The standard InChI is InChI=1S/C34H31ClN2O4S/c1-42(40)29-16-17-30(22-7-12-26(35)13-8-22)25(19-29)21-41-28-14-9-23(10-15-28)33-36-31-20-24(34(38)39)11-18-32(31)37(33)27-5-3-2-4-6-27/h7-20,27H,2-6,21H2,1H3,(H,38,39). The quantitative estimate of drug-likeness (QED) is 0.181. The molecule has 1 aliphatic rings. The summed E-state index contributed by atoms with van der Waals surface area (Å²) in [5.74, 6) is 0.591. The van der Waals surface area contributed by atoms with Crippen molar-refractivity contribution in [1.82, 2.24) is 9.55 Å². The molecule has 0 amide bonds. The molecule has 0 saturated heterocycles. The van der Waals surface area contributed by atoms with Gasteiger partial charge < -0.3 is 19.0 Å². The van der Waals surface area contributed by atoms with Crippen molar-refractivity contribution in [2.75, 3.05) is 6.26 Å². The van der Waals surface area contributed by atoms with Crippen LogP contribution < -0.4 is 4.74 Å². The van der Waals surface area contributed by atoms with E-state index in [0.717, 1.165) is 51.3 Å². The third kappa shape index (κ3) is 5.91. The summed E-state index contributed by atoms with van der Waals surface area (Å²) >= 11 is 4.99. The molecule has 8 heteroatoms. The third-order valence-corrected chi connectivity index (χ3v) is 9.12. The molecule has 214 valence electrons. The molecule has 0 bridgehead atoms. The number of rotatable bonds is 8. The molecule has 1 fully saturated rings. The van der Waals surface area contributed by atoms with Crippen LogP contribution in [0.1, 0.15) is 54.1 Å². The number of nitrogens with zero attached hydrogens (tertiary/aromatic N) is 2. The molecule has 6 rings (SSSR count). The zero-order chi connectivity index (χ0) is 29.2. The maximum atomic E-state index is 12.2. The Bertz CT molecular complexity index is 1730. The Kier molecular flexibility index (Phi) is 8.24. The first kappa shape index (κ1) is 28.3. The minimum atomic E-state index is -1.11. The minimum Gasteiger partial charge on any atom is -0.612 e. The van der Waals surface area contributed by atoms with E-state index >= 15 is 0 Å². The van der Waals surface area contributed by atoms with Crippen LogP contribution in [0.15, 0.2) is 89.8 Å². The van der Waals surface area contributed by atoms with Gasteiger partial charge in [0, 0.05) is 28.3 Å². The molecule has 42 heavy (non-hydrogen) atoms. The van der Waals surface area contributed by atoms with Crippen LogP contribution in [0.4, 0.5) is 0 Å². The van der Waals surface area contributed by atoms with Gasteiger partial charge in [0.05, 0.1) is 16.6 Å². The molecule has 0 radical (unpaired) electrons. The summed E-state index contributed by atoms with van der Waals surface area (Å²) in [6.45, 7) is 0.306. The second-order valence-corrected chi connectivity index (χ2v) is 12.5. The molecule has 0 aliphatic heterocycles. The first-order valence-electron chi connectivity index (χ1n) is 14.1. The number of hydrogen-bond acceptors (Lipinski definition) is 4. The van der Waals surface area contributed by atoms with Gasteiger partial charge in [-0.25, -0.2) is 9.78 Å². The number of carboxylic acid groups (broad SMARTS) is 1. The van der Waals surface area contributed by atoms with Crippen LogP contribution in [-0.2, 0) is 17.8 Å². The Labute approximate surface area is 253 Å². The summed E-state index contributed by atoms with van der Waals surface area (Å²) in [7, 11) is 0. The van der Waals surface area contributed by atoms with Gasteiger partial charge in [-0.05, 0) is 102 Å². The summed E-state index contributed by atoms with van der Waals surface area (Å²) in [5, 5.41) is 10.2. The van der Waals surface area contributed by atoms with E-state index in [1.54, 1.807) is 18.4 Å². The van der Waals surface area contributed by atoms with E-state index in [-0.39, 0.29) is 5.56 Å². The topological polar surface area (TPSA) is 87.4 Å². The maximum Gasteiger partial charge on any atom is 0.335 e. The third-order valence-electron chi connectivity index (χ3n) is 7.95. The van der Waals surface area contributed by atoms with E-state index in [1.165, 1.54) is 19.3 Å². The molecule has 5 aromatic rings. The van der Waals surface area contributed by atoms with Gasteiger partial charge >= 0.3 is 5.97 Å². The summed E-state index contributed by atoms with van der Waals surface area (Å²) in [4.78, 5) is 17.3. The number of halogens is 1. The number of ether oxygens (including phenoxy) is 1. The van der Waals surface area contributed by atoms with Gasteiger partial charge in [-0.15, -0.1) is 0 Å². The highest BCUT2D eigenvalue weighted by Crippen LogP contribution is 2.37. The lowest BCUT2D eigenvalue weighted by atomic mass is 9.95. The predicted molar refractivity (Wildman–Crippen MR) is 168 cm³/mol. The molecule has 1 aliphatic carbocycles. The van der Waals surface area contributed by atoms with Gasteiger partial charge in [-0.2, -0.15) is 0 Å². The molecular weight excluding hydrogens is 568 g/mol. The van der Waals surface area contributed by atoms with Crippen molar-refractivity contribution in [3.05, 3.63) is 101 Å². The molecule has 6 nitrogen and oxygen atoms in total. The van der Waals surface area contributed by atoms with Crippen molar-refractivity contribution in [3.63, 3.8) is 0 Å². The highest BCUT2D eigenvalue weighted by Gasteiger charge is 2.23. The van der Waals surface area contributed by atoms with Gasteiger partial charge in [-0.3, -0.25) is 0 Å². The van der Waals surface area contributed by atoms with Gasteiger partial charge in [0.15, 0.2) is 4.90 Å². The van der Waals surface area contributed by atoms with Crippen molar-refractivity contribution in [3.8, 4) is 28.3 Å². The number of hydrogen-bond donors (Lipinski definition) is 1. The van der Waals surface area contributed by atoms with Crippen molar-refractivity contribution < 1.29 is 19.2 Å². The second kappa shape index (κ2) is 12.2. The van der Waals surface area contributed by atoms with Crippen molar-refractivity contribution in [1.29, 1.82) is 0 Å². The van der Waals surface area contributed by atoms with Gasteiger partial charge in [-0.1, -0.05) is 43.0 Å². The molecule has 1 atom stereocenters. The zero-order valence-corrected chi connectivity index (χ0v) is 24.8. The molecular formula is C34H31ClN2O4S. The fourth-order valence-electron chi connectivity index (χ4n) is 5.78. The van der Waals surface area contributed by atoms with Crippen LogP contribution in [0.25, 0.3) is 33.5 Å². The normalized spacial score (nSPS) is 14.6. The van der Waals surface area contributed by atoms with Crippen LogP contribution in [-0.4, -0.2) is 31.4 Å². The number of imidazole rings is 1. The average Bonchev–Trinajstić information content (AvgIpc) is 3.40. The Hall–Kier alpha value is -3.78. The minimum absolute atomic E-state index is 0.236. The number of fused-ring (bicyclic) bond motifs is 1. The summed E-state index contributed by atoms with van der Waals surface area (Å²) < 4.78 is 20.7. The Morgan fingerprint density at radius 1 is 0.976 bits per heavy atom. The van der Waals surface area contributed by atoms with E-state index in [1.807, 2.05) is 72.8 Å². The van der Waals surface area contributed by atoms with Gasteiger partial charge in [0.1, 0.15) is 24.4 Å². The maximum absolute atomic E-state index is 12.2. The van der Waals surface area contributed by atoms with Crippen LogP contribution in [0.2, 0.25) is 5.02 Å². The van der Waals surface area contributed by atoms with Crippen LogP contribution in [0, 0.1) is 0 Å². The van der Waals surface area contributed by atoms with Crippen molar-refractivity contribution in [2.45, 2.75) is 49.6 Å². The Morgan fingerprint density at radius 2 is 1.69 bits per heavy atom. The van der Waals surface area contributed by atoms with Gasteiger partial charge in [0.25, 0.3) is 0 Å². The number of benzene rings is 4. The smallest absolute Gasteiger partial charge is 0.335 e. The van der Waals surface area contributed by atoms with Gasteiger partial charge in [0.2, 0.25) is 0 Å². The van der Waals surface area contributed by atoms with Crippen LogP contribution in [0.5, 0.6) is 5.75 Å². The lowest BCUT2D eigenvalue weighted by molar-refractivity contribution is 0.0697. The highest BCUT2D eigenvalue weighted by atomic mass is 35.5. The molecule has 4 aromatic carbocycles. The number of aromatic nitrogens is 2. The summed E-state index contributed by atoms with van der Waals surface area (Å²) in [5.41, 5.74) is 5.78. The summed E-state index contributed by atoms with van der Waals surface area (Å²) in [6.07, 6.45) is 7.42. The molecule has 0 spiro atoms. The lowest BCUT2D eigenvalue weighted by Gasteiger charge is -2.25. The second-order valence-electron chi connectivity index (χ2n) is 10.7. The first-order chi connectivity index (χ1) is 20.4. The fraction of sp³-hybridized carbons (Fsp3) is 0.235. The first-order valence-corrected chi connectivity index (χ1v) is 16.0. The average molecular weight is 599 g/mol. The van der Waals surface area contributed by atoms with E-state index < -0.39 is 17.1 Å². The van der Waals surface area contributed by atoms with Crippen molar-refractivity contribution >= 4 is 39.8 Å². The van der Waals surface area contributed by atoms with E-state index in [4.69, 9.17) is 21.3 Å².